The van der Waals surface area contributed by atoms with Gasteiger partial charge in [0.15, 0.2) is 5.78 Å². The first kappa shape index (κ1) is 9.84. The van der Waals surface area contributed by atoms with Gasteiger partial charge in [-0.25, -0.2) is 4.98 Å². The molecule has 0 aromatic carbocycles. The molecule has 76 valence electrons. The maximum Gasteiger partial charge on any atom is 0.171 e. The summed E-state index contributed by atoms with van der Waals surface area (Å²) < 4.78 is 0. The highest BCUT2D eigenvalue weighted by Crippen LogP contribution is 2.34. The van der Waals surface area contributed by atoms with Crippen molar-refractivity contribution in [1.82, 2.24) is 4.98 Å². The molecule has 0 radical (unpaired) electrons. The summed E-state index contributed by atoms with van der Waals surface area (Å²) in [6, 6.07) is 0. The molecule has 1 aromatic rings. The predicted octanol–water partition coefficient (Wildman–Crippen LogP) is 3.39. The molecule has 1 saturated carbocycles. The fraction of sp³-hybridized carbons (Fsp3) is 0.636. The van der Waals surface area contributed by atoms with Crippen molar-refractivity contribution in [2.75, 3.05) is 0 Å². The molecule has 14 heavy (non-hydrogen) atoms. The Balaban J connectivity index is 2.11. The molecule has 1 aromatic heterocycles. The number of aromatic nitrogens is 1. The van der Waals surface area contributed by atoms with Gasteiger partial charge in [-0.05, 0) is 12.8 Å². The number of carbonyl (C=O) groups excluding carboxylic acids is 1. The quantitative estimate of drug-likeness (QED) is 0.699. The molecule has 2 nitrogen and oxygen atoms in total. The average Bonchev–Trinajstić information content (AvgIpc) is 2.68. The normalized spacial score (nSPS) is 18.4. The molecule has 0 spiro atoms. The van der Waals surface area contributed by atoms with Gasteiger partial charge in [0.2, 0.25) is 0 Å². The van der Waals surface area contributed by atoms with Crippen molar-refractivity contribution < 1.29 is 4.79 Å². The van der Waals surface area contributed by atoms with Crippen molar-refractivity contribution in [3.8, 4) is 0 Å². The Morgan fingerprint density at radius 1 is 1.43 bits per heavy atom. The Hall–Kier alpha value is -0.700. The summed E-state index contributed by atoms with van der Waals surface area (Å²) in [7, 11) is 0. The molecule has 1 aliphatic carbocycles. The van der Waals surface area contributed by atoms with Crippen molar-refractivity contribution in [3.05, 3.63) is 16.1 Å². The van der Waals surface area contributed by atoms with Gasteiger partial charge in [0.05, 0.1) is 9.88 Å². The van der Waals surface area contributed by atoms with E-state index in [1.165, 1.54) is 37.1 Å². The lowest BCUT2D eigenvalue weighted by Gasteiger charge is -2.18. The van der Waals surface area contributed by atoms with Gasteiger partial charge in [0.25, 0.3) is 0 Å². The lowest BCUT2D eigenvalue weighted by Crippen LogP contribution is -2.03. The second-order valence-corrected chi connectivity index (χ2v) is 5.02. The summed E-state index contributed by atoms with van der Waals surface area (Å²) in [4.78, 5) is 16.3. The van der Waals surface area contributed by atoms with Crippen molar-refractivity contribution in [2.24, 2.45) is 0 Å². The van der Waals surface area contributed by atoms with Crippen LogP contribution in [0.5, 0.6) is 0 Å². The van der Waals surface area contributed by atoms with Crippen LogP contribution >= 0.6 is 11.3 Å². The van der Waals surface area contributed by atoms with Crippen LogP contribution in [0, 0.1) is 0 Å². The molecule has 1 heterocycles. The molecule has 0 bridgehead atoms. The minimum Gasteiger partial charge on any atom is -0.294 e. The second-order valence-electron chi connectivity index (χ2n) is 3.95. The van der Waals surface area contributed by atoms with E-state index in [4.69, 9.17) is 0 Å². The number of carbonyl (C=O) groups is 1. The van der Waals surface area contributed by atoms with Crippen molar-refractivity contribution in [1.29, 1.82) is 0 Å². The zero-order valence-electron chi connectivity index (χ0n) is 8.45. The Kier molecular flexibility index (Phi) is 2.96. The topological polar surface area (TPSA) is 30.0 Å². The largest absolute Gasteiger partial charge is 0.294 e. The molecule has 0 aliphatic heterocycles. The third kappa shape index (κ3) is 2.03. The van der Waals surface area contributed by atoms with Crippen LogP contribution in [0.15, 0.2) is 6.20 Å². The van der Waals surface area contributed by atoms with Crippen LogP contribution in [0.3, 0.4) is 0 Å². The highest BCUT2D eigenvalue weighted by Gasteiger charge is 2.19. The lowest BCUT2D eigenvalue weighted by molar-refractivity contribution is 0.102. The third-order valence-electron chi connectivity index (χ3n) is 2.82. The van der Waals surface area contributed by atoms with E-state index in [2.05, 4.69) is 4.98 Å². The number of ketones is 1. The Labute approximate surface area is 88.4 Å². The van der Waals surface area contributed by atoms with Gasteiger partial charge < -0.3 is 0 Å². The van der Waals surface area contributed by atoms with E-state index in [-0.39, 0.29) is 5.78 Å². The number of hydrogen-bond donors (Lipinski definition) is 0. The first-order valence-electron chi connectivity index (χ1n) is 5.24. The van der Waals surface area contributed by atoms with Crippen LogP contribution in [-0.4, -0.2) is 10.8 Å². The highest BCUT2D eigenvalue weighted by molar-refractivity contribution is 7.13. The smallest absolute Gasteiger partial charge is 0.171 e. The van der Waals surface area contributed by atoms with E-state index in [1.54, 1.807) is 24.5 Å². The van der Waals surface area contributed by atoms with Gasteiger partial charge in [-0.3, -0.25) is 4.79 Å². The minimum absolute atomic E-state index is 0.143. The Morgan fingerprint density at radius 2 is 2.14 bits per heavy atom. The first-order chi connectivity index (χ1) is 6.77. The molecule has 0 atom stereocenters. The third-order valence-corrected chi connectivity index (χ3v) is 4.09. The molecule has 0 unspecified atom stereocenters. The van der Waals surface area contributed by atoms with Crippen LogP contribution in [0.1, 0.15) is 59.6 Å². The fourth-order valence-electron chi connectivity index (χ4n) is 1.99. The SMILES string of the molecule is CC(=O)c1cnc(C2CCCCC2)s1. The zero-order chi connectivity index (χ0) is 9.97. The van der Waals surface area contributed by atoms with Gasteiger partial charge in [-0.2, -0.15) is 0 Å². The summed E-state index contributed by atoms with van der Waals surface area (Å²) in [6.07, 6.45) is 8.24. The molecule has 2 rings (SSSR count). The van der Waals surface area contributed by atoms with E-state index in [0.29, 0.717) is 5.92 Å². The number of hydrogen-bond acceptors (Lipinski definition) is 3. The lowest BCUT2D eigenvalue weighted by atomic mass is 9.90. The number of thiazole rings is 1. The highest BCUT2D eigenvalue weighted by atomic mass is 32.1. The molecular weight excluding hydrogens is 194 g/mol. The standard InChI is InChI=1S/C11H15NOS/c1-8(13)10-7-12-11(14-10)9-5-3-2-4-6-9/h7,9H,2-6H2,1H3. The zero-order valence-corrected chi connectivity index (χ0v) is 9.27. The van der Waals surface area contributed by atoms with Crippen LogP contribution in [0.2, 0.25) is 0 Å². The summed E-state index contributed by atoms with van der Waals surface area (Å²) >= 11 is 1.59. The van der Waals surface area contributed by atoms with Crippen molar-refractivity contribution >= 4 is 17.1 Å². The second kappa shape index (κ2) is 4.22. The Bertz CT molecular complexity index is 326. The molecule has 1 aliphatic rings. The van der Waals surface area contributed by atoms with Gasteiger partial charge in [0, 0.05) is 19.0 Å². The summed E-state index contributed by atoms with van der Waals surface area (Å²) in [6.45, 7) is 1.61. The fourth-order valence-corrected chi connectivity index (χ4v) is 2.97. The molecule has 0 amide bonds. The Morgan fingerprint density at radius 3 is 2.71 bits per heavy atom. The van der Waals surface area contributed by atoms with E-state index in [1.807, 2.05) is 0 Å². The number of Topliss-reactive ketones (excluding diaryl/α,β-unsaturated/α-hetero) is 1. The number of rotatable bonds is 2. The minimum atomic E-state index is 0.143. The average molecular weight is 209 g/mol. The maximum atomic E-state index is 11.1. The monoisotopic (exact) mass is 209 g/mol. The van der Waals surface area contributed by atoms with Gasteiger partial charge >= 0.3 is 0 Å². The van der Waals surface area contributed by atoms with Crippen LogP contribution in [-0.2, 0) is 0 Å². The van der Waals surface area contributed by atoms with Crippen LogP contribution < -0.4 is 0 Å². The molecule has 3 heteroatoms. The van der Waals surface area contributed by atoms with Gasteiger partial charge in [-0.1, -0.05) is 19.3 Å². The van der Waals surface area contributed by atoms with Gasteiger partial charge in [0.1, 0.15) is 0 Å². The van der Waals surface area contributed by atoms with Gasteiger partial charge in [-0.15, -0.1) is 11.3 Å². The van der Waals surface area contributed by atoms with Crippen molar-refractivity contribution in [3.63, 3.8) is 0 Å². The van der Waals surface area contributed by atoms with E-state index in [9.17, 15) is 4.79 Å². The molecular formula is C11H15NOS. The van der Waals surface area contributed by atoms with E-state index in [0.717, 1.165) is 4.88 Å². The van der Waals surface area contributed by atoms with Crippen LogP contribution in [0.25, 0.3) is 0 Å². The summed E-state index contributed by atoms with van der Waals surface area (Å²) in [5, 5.41) is 1.18. The summed E-state index contributed by atoms with van der Waals surface area (Å²) in [5.74, 6) is 0.770. The first-order valence-corrected chi connectivity index (χ1v) is 6.05. The summed E-state index contributed by atoms with van der Waals surface area (Å²) in [5.41, 5.74) is 0. The van der Waals surface area contributed by atoms with E-state index < -0.39 is 0 Å². The van der Waals surface area contributed by atoms with E-state index >= 15 is 0 Å². The maximum absolute atomic E-state index is 11.1. The molecule has 0 N–H and O–H groups in total. The molecule has 1 fully saturated rings. The molecule has 0 saturated heterocycles. The van der Waals surface area contributed by atoms with Crippen LogP contribution in [0.4, 0.5) is 0 Å². The van der Waals surface area contributed by atoms with Crippen molar-refractivity contribution in [2.45, 2.75) is 44.9 Å². The number of nitrogens with zero attached hydrogens (tertiary/aromatic N) is 1. The predicted molar refractivity (Wildman–Crippen MR) is 57.9 cm³/mol.